The maximum atomic E-state index is 12.7. The van der Waals surface area contributed by atoms with Crippen LogP contribution in [-0.4, -0.2) is 21.1 Å². The fourth-order valence-electron chi connectivity index (χ4n) is 2.73. The van der Waals surface area contributed by atoms with Gasteiger partial charge < -0.3 is 24.2 Å². The molecule has 0 atom stereocenters. The van der Waals surface area contributed by atoms with Crippen LogP contribution < -0.4 is 20.5 Å². The number of benzene rings is 2. The van der Waals surface area contributed by atoms with Crippen molar-refractivity contribution in [2.24, 2.45) is 0 Å². The van der Waals surface area contributed by atoms with E-state index < -0.39 is 5.76 Å². The SMILES string of the molecule is O=C(Nc1ccc(OCc2n[nH]c(=O)o2)cc1OCc1ccccc1)c1cc(Br)c(Br)[nH]1. The molecule has 32 heavy (non-hydrogen) atoms. The van der Waals surface area contributed by atoms with Crippen molar-refractivity contribution in [3.8, 4) is 11.5 Å². The fraction of sp³-hybridized carbons (Fsp3) is 0.0952. The van der Waals surface area contributed by atoms with Gasteiger partial charge in [-0.05, 0) is 55.6 Å². The van der Waals surface area contributed by atoms with Gasteiger partial charge in [0.1, 0.15) is 23.8 Å². The van der Waals surface area contributed by atoms with Gasteiger partial charge in [0, 0.05) is 6.07 Å². The second-order valence-corrected chi connectivity index (χ2v) is 8.17. The van der Waals surface area contributed by atoms with Crippen LogP contribution in [0.5, 0.6) is 11.5 Å². The summed E-state index contributed by atoms with van der Waals surface area (Å²) in [7, 11) is 0. The molecule has 0 unspecified atom stereocenters. The number of hydrogen-bond acceptors (Lipinski definition) is 6. The first kappa shape index (κ1) is 21.9. The van der Waals surface area contributed by atoms with Crippen molar-refractivity contribution in [3.05, 3.63) is 91.4 Å². The number of H-pyrrole nitrogens is 2. The Morgan fingerprint density at radius 1 is 1.06 bits per heavy atom. The second kappa shape index (κ2) is 9.88. The molecule has 164 valence electrons. The van der Waals surface area contributed by atoms with Gasteiger partial charge in [-0.3, -0.25) is 4.79 Å². The van der Waals surface area contributed by atoms with E-state index in [9.17, 15) is 9.59 Å². The van der Waals surface area contributed by atoms with Crippen LogP contribution in [0.25, 0.3) is 0 Å². The van der Waals surface area contributed by atoms with Crippen molar-refractivity contribution in [1.82, 2.24) is 15.2 Å². The zero-order valence-electron chi connectivity index (χ0n) is 16.4. The largest absolute Gasteiger partial charge is 0.487 e. The quantitative estimate of drug-likeness (QED) is 0.287. The lowest BCUT2D eigenvalue weighted by Crippen LogP contribution is -2.13. The van der Waals surface area contributed by atoms with E-state index in [1.807, 2.05) is 30.3 Å². The molecule has 0 fully saturated rings. The van der Waals surface area contributed by atoms with Crippen molar-refractivity contribution in [1.29, 1.82) is 0 Å². The van der Waals surface area contributed by atoms with E-state index in [1.165, 1.54) is 0 Å². The van der Waals surface area contributed by atoms with Gasteiger partial charge >= 0.3 is 5.76 Å². The van der Waals surface area contributed by atoms with E-state index >= 15 is 0 Å². The molecule has 2 aromatic carbocycles. The lowest BCUT2D eigenvalue weighted by Gasteiger charge is -2.14. The van der Waals surface area contributed by atoms with Crippen LogP contribution in [0, 0.1) is 0 Å². The van der Waals surface area contributed by atoms with Crippen LogP contribution in [0.1, 0.15) is 21.9 Å². The monoisotopic (exact) mass is 562 g/mol. The molecule has 2 heterocycles. The Morgan fingerprint density at radius 3 is 2.56 bits per heavy atom. The number of anilines is 1. The average molecular weight is 564 g/mol. The molecule has 0 saturated heterocycles. The van der Waals surface area contributed by atoms with Crippen molar-refractivity contribution < 1.29 is 18.7 Å². The summed E-state index contributed by atoms with van der Waals surface area (Å²) in [5, 5.41) is 8.71. The zero-order valence-corrected chi connectivity index (χ0v) is 19.5. The number of nitrogens with zero attached hydrogens (tertiary/aromatic N) is 1. The Labute approximate surface area is 198 Å². The van der Waals surface area contributed by atoms with Gasteiger partial charge in [-0.2, -0.15) is 0 Å². The topological polar surface area (TPSA) is 122 Å². The maximum absolute atomic E-state index is 12.7. The summed E-state index contributed by atoms with van der Waals surface area (Å²) in [5.41, 5.74) is 1.80. The third-order valence-corrected chi connectivity index (χ3v) is 6.04. The average Bonchev–Trinajstić information content (AvgIpc) is 3.37. The summed E-state index contributed by atoms with van der Waals surface area (Å²) < 4.78 is 17.8. The molecular weight excluding hydrogens is 548 g/mol. The lowest BCUT2D eigenvalue weighted by molar-refractivity contribution is 0.102. The summed E-state index contributed by atoms with van der Waals surface area (Å²) in [5.74, 6) is -0.0268. The Hall–Kier alpha value is -3.31. The number of nitrogens with one attached hydrogen (secondary N) is 3. The number of hydrogen-bond donors (Lipinski definition) is 3. The lowest BCUT2D eigenvalue weighted by atomic mass is 10.2. The minimum Gasteiger partial charge on any atom is -0.487 e. The molecule has 0 radical (unpaired) electrons. The highest BCUT2D eigenvalue weighted by Gasteiger charge is 2.15. The van der Waals surface area contributed by atoms with E-state index in [4.69, 9.17) is 13.9 Å². The van der Waals surface area contributed by atoms with Crippen LogP contribution in [-0.2, 0) is 13.2 Å². The van der Waals surface area contributed by atoms with Crippen molar-refractivity contribution in [3.63, 3.8) is 0 Å². The Morgan fingerprint density at radius 2 is 1.88 bits per heavy atom. The predicted octanol–water partition coefficient (Wildman–Crippen LogP) is 4.63. The van der Waals surface area contributed by atoms with Crippen LogP contribution >= 0.6 is 31.9 Å². The third-order valence-electron chi connectivity index (χ3n) is 4.25. The van der Waals surface area contributed by atoms with Crippen molar-refractivity contribution in [2.75, 3.05) is 5.32 Å². The van der Waals surface area contributed by atoms with Gasteiger partial charge in [0.15, 0.2) is 6.61 Å². The summed E-state index contributed by atoms with van der Waals surface area (Å²) >= 11 is 6.67. The maximum Gasteiger partial charge on any atom is 0.434 e. The van der Waals surface area contributed by atoms with Gasteiger partial charge in [0.2, 0.25) is 0 Å². The molecule has 0 aliphatic heterocycles. The van der Waals surface area contributed by atoms with E-state index in [0.29, 0.717) is 34.1 Å². The van der Waals surface area contributed by atoms with Crippen LogP contribution in [0.15, 0.2) is 72.9 Å². The number of carbonyl (C=O) groups is 1. The minimum atomic E-state index is -0.656. The van der Waals surface area contributed by atoms with Crippen LogP contribution in [0.3, 0.4) is 0 Å². The molecular formula is C21H16Br2N4O5. The molecule has 0 saturated carbocycles. The molecule has 0 spiro atoms. The molecule has 4 aromatic rings. The highest BCUT2D eigenvalue weighted by atomic mass is 79.9. The predicted molar refractivity (Wildman–Crippen MR) is 123 cm³/mol. The van der Waals surface area contributed by atoms with E-state index in [0.717, 1.165) is 10.0 Å². The highest BCUT2D eigenvalue weighted by molar-refractivity contribution is 9.13. The third kappa shape index (κ3) is 5.48. The van der Waals surface area contributed by atoms with Crippen molar-refractivity contribution in [2.45, 2.75) is 13.2 Å². The second-order valence-electron chi connectivity index (χ2n) is 6.53. The van der Waals surface area contributed by atoms with Crippen molar-refractivity contribution >= 4 is 43.5 Å². The zero-order chi connectivity index (χ0) is 22.5. The number of halogens is 2. The summed E-state index contributed by atoms with van der Waals surface area (Å²) in [6, 6.07) is 16.3. The van der Waals surface area contributed by atoms with E-state index in [1.54, 1.807) is 24.3 Å². The standard InChI is InChI=1S/C21H16Br2N4O5/c22-14-9-16(24-19(14)23)20(28)25-15-7-6-13(30-11-18-26-27-21(29)32-18)8-17(15)31-10-12-4-2-1-3-5-12/h1-9,24H,10-11H2,(H,25,28)(H,27,29). The molecule has 0 bridgehead atoms. The number of carbonyl (C=O) groups excluding carboxylic acids is 1. The Kier molecular flexibility index (Phi) is 6.76. The summed E-state index contributed by atoms with van der Waals surface area (Å²) in [6.07, 6.45) is 0. The Bertz CT molecular complexity index is 1260. The first-order chi connectivity index (χ1) is 15.5. The summed E-state index contributed by atoms with van der Waals surface area (Å²) in [4.78, 5) is 26.7. The number of aromatic nitrogens is 3. The first-order valence-corrected chi connectivity index (χ1v) is 10.9. The first-order valence-electron chi connectivity index (χ1n) is 9.31. The molecule has 1 amide bonds. The summed E-state index contributed by atoms with van der Waals surface area (Å²) in [6.45, 7) is 0.244. The molecule has 9 nitrogen and oxygen atoms in total. The molecule has 4 rings (SSSR count). The highest BCUT2D eigenvalue weighted by Crippen LogP contribution is 2.31. The number of aromatic amines is 2. The Balaban J connectivity index is 1.54. The van der Waals surface area contributed by atoms with Gasteiger partial charge in [0.25, 0.3) is 11.8 Å². The van der Waals surface area contributed by atoms with Crippen LogP contribution in [0.2, 0.25) is 0 Å². The van der Waals surface area contributed by atoms with Gasteiger partial charge in [-0.25, -0.2) is 9.89 Å². The molecule has 2 aromatic heterocycles. The molecule has 0 aliphatic rings. The van der Waals surface area contributed by atoms with Gasteiger partial charge in [-0.15, -0.1) is 5.10 Å². The number of rotatable bonds is 8. The molecule has 11 heteroatoms. The fourth-order valence-corrected chi connectivity index (χ4v) is 3.39. The van der Waals surface area contributed by atoms with Gasteiger partial charge in [0.05, 0.1) is 14.8 Å². The smallest absolute Gasteiger partial charge is 0.434 e. The normalized spacial score (nSPS) is 10.7. The molecule has 3 N–H and O–H groups in total. The minimum absolute atomic E-state index is 0.0485. The van der Waals surface area contributed by atoms with Crippen LogP contribution in [0.4, 0.5) is 5.69 Å². The number of ether oxygens (including phenoxy) is 2. The van der Waals surface area contributed by atoms with E-state index in [-0.39, 0.29) is 18.4 Å². The van der Waals surface area contributed by atoms with Gasteiger partial charge in [-0.1, -0.05) is 30.3 Å². The number of amides is 1. The molecule has 0 aliphatic carbocycles. The van der Waals surface area contributed by atoms with E-state index in [2.05, 4.69) is 52.4 Å².